The van der Waals surface area contributed by atoms with Crippen molar-refractivity contribution in [3.63, 3.8) is 0 Å². The molecule has 90 valence electrons. The second-order valence-corrected chi connectivity index (χ2v) is 3.64. The van der Waals surface area contributed by atoms with Crippen LogP contribution < -0.4 is 10.1 Å². The lowest BCUT2D eigenvalue weighted by Gasteiger charge is -2.09. The van der Waals surface area contributed by atoms with Gasteiger partial charge in [0.05, 0.1) is 17.1 Å². The third kappa shape index (κ3) is 2.14. The van der Waals surface area contributed by atoms with Crippen molar-refractivity contribution >= 4 is 10.9 Å². The number of ether oxygens (including phenoxy) is 1. The Kier molecular flexibility index (Phi) is 3.39. The highest BCUT2D eigenvalue weighted by Gasteiger charge is 2.14. The van der Waals surface area contributed by atoms with E-state index in [1.165, 1.54) is 6.20 Å². The van der Waals surface area contributed by atoms with Gasteiger partial charge in [-0.05, 0) is 18.7 Å². The van der Waals surface area contributed by atoms with Crippen LogP contribution in [0.15, 0.2) is 24.9 Å². The fourth-order valence-corrected chi connectivity index (χ4v) is 1.71. The third-order valence-electron chi connectivity index (χ3n) is 2.44. The first-order valence-corrected chi connectivity index (χ1v) is 5.30. The van der Waals surface area contributed by atoms with E-state index >= 15 is 0 Å². The highest BCUT2D eigenvalue weighted by Crippen LogP contribution is 2.28. The smallest absolute Gasteiger partial charge is 0.176 e. The SMILES string of the molecule is C=CCOc1cc(CNC)c2[nH]ncc2c1F. The maximum absolute atomic E-state index is 14.0. The molecule has 5 heteroatoms. The summed E-state index contributed by atoms with van der Waals surface area (Å²) in [6.07, 6.45) is 3.04. The fourth-order valence-electron chi connectivity index (χ4n) is 1.71. The van der Waals surface area contributed by atoms with Gasteiger partial charge in [-0.2, -0.15) is 5.10 Å². The van der Waals surface area contributed by atoms with Crippen molar-refractivity contribution in [1.29, 1.82) is 0 Å². The molecule has 0 amide bonds. The second kappa shape index (κ2) is 4.97. The van der Waals surface area contributed by atoms with Crippen LogP contribution in [0.5, 0.6) is 5.75 Å². The molecule has 2 rings (SSSR count). The van der Waals surface area contributed by atoms with Crippen molar-refractivity contribution in [2.24, 2.45) is 0 Å². The summed E-state index contributed by atoms with van der Waals surface area (Å²) < 4.78 is 19.3. The van der Waals surface area contributed by atoms with E-state index < -0.39 is 5.82 Å². The van der Waals surface area contributed by atoms with Gasteiger partial charge in [-0.3, -0.25) is 5.10 Å². The molecule has 0 aliphatic heterocycles. The number of benzene rings is 1. The van der Waals surface area contributed by atoms with Gasteiger partial charge in [0.25, 0.3) is 0 Å². The largest absolute Gasteiger partial charge is 0.486 e. The minimum Gasteiger partial charge on any atom is -0.486 e. The van der Waals surface area contributed by atoms with Gasteiger partial charge in [0, 0.05) is 6.54 Å². The predicted octanol–water partition coefficient (Wildman–Crippen LogP) is 1.99. The molecule has 2 N–H and O–H groups in total. The summed E-state index contributed by atoms with van der Waals surface area (Å²) in [7, 11) is 1.83. The van der Waals surface area contributed by atoms with Gasteiger partial charge in [0.1, 0.15) is 6.61 Å². The maximum Gasteiger partial charge on any atom is 0.176 e. The van der Waals surface area contributed by atoms with Gasteiger partial charge >= 0.3 is 0 Å². The summed E-state index contributed by atoms with van der Waals surface area (Å²) in [5.41, 5.74) is 1.61. The minimum absolute atomic E-state index is 0.226. The lowest BCUT2D eigenvalue weighted by molar-refractivity contribution is 0.343. The van der Waals surface area contributed by atoms with E-state index in [0.29, 0.717) is 17.4 Å². The van der Waals surface area contributed by atoms with E-state index in [2.05, 4.69) is 22.1 Å². The third-order valence-corrected chi connectivity index (χ3v) is 2.44. The molecule has 0 aliphatic carbocycles. The fraction of sp³-hybridized carbons (Fsp3) is 0.250. The zero-order valence-electron chi connectivity index (χ0n) is 9.59. The van der Waals surface area contributed by atoms with Crippen LogP contribution in [-0.4, -0.2) is 23.9 Å². The average molecular weight is 235 g/mol. The van der Waals surface area contributed by atoms with Crippen molar-refractivity contribution in [1.82, 2.24) is 15.5 Å². The van der Waals surface area contributed by atoms with Crippen molar-refractivity contribution in [2.45, 2.75) is 6.54 Å². The molecule has 0 atom stereocenters. The normalized spacial score (nSPS) is 10.7. The first kappa shape index (κ1) is 11.6. The summed E-state index contributed by atoms with van der Waals surface area (Å²) in [5, 5.41) is 10.1. The summed E-state index contributed by atoms with van der Waals surface area (Å²) in [6.45, 7) is 4.43. The lowest BCUT2D eigenvalue weighted by Crippen LogP contribution is -2.07. The Morgan fingerprint density at radius 3 is 3.18 bits per heavy atom. The number of halogens is 1. The molecule has 17 heavy (non-hydrogen) atoms. The number of nitrogens with zero attached hydrogens (tertiary/aromatic N) is 1. The Labute approximate surface area is 98.5 Å². The van der Waals surface area contributed by atoms with Gasteiger partial charge in [0.15, 0.2) is 11.6 Å². The Hall–Kier alpha value is -1.88. The Balaban J connectivity index is 2.52. The van der Waals surface area contributed by atoms with E-state index in [1.807, 2.05) is 7.05 Å². The van der Waals surface area contributed by atoms with Crippen LogP contribution >= 0.6 is 0 Å². The van der Waals surface area contributed by atoms with Gasteiger partial charge in [-0.1, -0.05) is 12.7 Å². The van der Waals surface area contributed by atoms with Crippen molar-refractivity contribution in [3.8, 4) is 5.75 Å². The zero-order chi connectivity index (χ0) is 12.3. The molecule has 2 aromatic rings. The number of nitrogens with one attached hydrogen (secondary N) is 2. The van der Waals surface area contributed by atoms with Gasteiger partial charge in [-0.25, -0.2) is 4.39 Å². The number of aromatic nitrogens is 2. The molecule has 0 fully saturated rings. The van der Waals surface area contributed by atoms with Crippen molar-refractivity contribution < 1.29 is 9.13 Å². The van der Waals surface area contributed by atoms with Crippen molar-refractivity contribution in [2.75, 3.05) is 13.7 Å². The molecule has 0 saturated carbocycles. The van der Waals surface area contributed by atoms with Gasteiger partial charge in [-0.15, -0.1) is 0 Å². The number of hydrogen-bond donors (Lipinski definition) is 2. The molecular formula is C12H14FN3O. The molecule has 0 bridgehead atoms. The molecule has 0 saturated heterocycles. The maximum atomic E-state index is 14.0. The number of aromatic amines is 1. The quantitative estimate of drug-likeness (QED) is 0.779. The van der Waals surface area contributed by atoms with Crippen LogP contribution in [0.25, 0.3) is 10.9 Å². The topological polar surface area (TPSA) is 49.9 Å². The molecular weight excluding hydrogens is 221 g/mol. The van der Waals surface area contributed by atoms with E-state index in [0.717, 1.165) is 5.56 Å². The highest BCUT2D eigenvalue weighted by molar-refractivity contribution is 5.83. The van der Waals surface area contributed by atoms with Crippen molar-refractivity contribution in [3.05, 3.63) is 36.3 Å². The van der Waals surface area contributed by atoms with E-state index in [4.69, 9.17) is 4.74 Å². The molecule has 0 radical (unpaired) electrons. The first-order valence-electron chi connectivity index (χ1n) is 5.30. The lowest BCUT2D eigenvalue weighted by atomic mass is 10.1. The van der Waals surface area contributed by atoms with Crippen LogP contribution in [0.4, 0.5) is 4.39 Å². The van der Waals surface area contributed by atoms with E-state index in [-0.39, 0.29) is 12.4 Å². The van der Waals surface area contributed by atoms with Crippen LogP contribution in [0, 0.1) is 5.82 Å². The second-order valence-electron chi connectivity index (χ2n) is 3.64. The Morgan fingerprint density at radius 1 is 1.65 bits per heavy atom. The Morgan fingerprint density at radius 2 is 2.47 bits per heavy atom. The highest BCUT2D eigenvalue weighted by atomic mass is 19.1. The van der Waals surface area contributed by atoms with Crippen LogP contribution in [0.3, 0.4) is 0 Å². The summed E-state index contributed by atoms with van der Waals surface area (Å²) in [5.74, 6) is -0.167. The van der Waals surface area contributed by atoms with E-state index in [9.17, 15) is 4.39 Å². The molecule has 1 aromatic carbocycles. The minimum atomic E-state index is -0.393. The average Bonchev–Trinajstić information content (AvgIpc) is 2.81. The number of H-pyrrole nitrogens is 1. The predicted molar refractivity (Wildman–Crippen MR) is 64.5 cm³/mol. The van der Waals surface area contributed by atoms with E-state index in [1.54, 1.807) is 12.1 Å². The molecule has 1 aromatic heterocycles. The number of hydrogen-bond acceptors (Lipinski definition) is 3. The Bertz CT molecular complexity index is 536. The monoisotopic (exact) mass is 235 g/mol. The summed E-state index contributed by atoms with van der Waals surface area (Å²) in [4.78, 5) is 0. The summed E-state index contributed by atoms with van der Waals surface area (Å²) >= 11 is 0. The standard InChI is InChI=1S/C12H14FN3O/c1-3-4-17-10-5-8(6-14-2)12-9(11(10)13)7-15-16-12/h3,5,7,14H,1,4,6H2,2H3,(H,15,16). The zero-order valence-corrected chi connectivity index (χ0v) is 9.59. The molecule has 0 spiro atoms. The summed E-state index contributed by atoms with van der Waals surface area (Å²) in [6, 6.07) is 1.68. The van der Waals surface area contributed by atoms with Crippen LogP contribution in [0.2, 0.25) is 0 Å². The molecule has 0 unspecified atom stereocenters. The van der Waals surface area contributed by atoms with Gasteiger partial charge < -0.3 is 10.1 Å². The molecule has 0 aliphatic rings. The molecule has 1 heterocycles. The number of rotatable bonds is 5. The van der Waals surface area contributed by atoms with Gasteiger partial charge in [0.2, 0.25) is 0 Å². The van der Waals surface area contributed by atoms with Crippen LogP contribution in [0.1, 0.15) is 5.56 Å². The van der Waals surface area contributed by atoms with Crippen LogP contribution in [-0.2, 0) is 6.54 Å². The number of fused-ring (bicyclic) bond motifs is 1. The molecule has 4 nitrogen and oxygen atoms in total. The first-order chi connectivity index (χ1) is 8.27.